The van der Waals surface area contributed by atoms with E-state index in [1.54, 1.807) is 30.3 Å². The quantitative estimate of drug-likeness (QED) is 0.507. The first kappa shape index (κ1) is 14.9. The number of primary amides is 1. The van der Waals surface area contributed by atoms with Gasteiger partial charge in [0.2, 0.25) is 11.8 Å². The maximum atomic E-state index is 11.3. The lowest BCUT2D eigenvalue weighted by molar-refractivity contribution is -0.117. The molecule has 6 nitrogen and oxygen atoms in total. The van der Waals surface area contributed by atoms with Crippen LogP contribution in [0.2, 0.25) is 0 Å². The Labute approximate surface area is 110 Å². The average molecular weight is 264 g/mol. The summed E-state index contributed by atoms with van der Waals surface area (Å²) < 4.78 is 0. The highest BCUT2D eigenvalue weighted by atomic mass is 16.3. The fraction of sp³-hybridized carbons (Fsp3) is 0.231. The summed E-state index contributed by atoms with van der Waals surface area (Å²) in [7, 11) is 0. The highest BCUT2D eigenvalue weighted by Gasteiger charge is 2.03. The van der Waals surface area contributed by atoms with Gasteiger partial charge in [-0.3, -0.25) is 9.59 Å². The molecule has 0 saturated carbocycles. The molecule has 5 N–H and O–H groups in total. The van der Waals surface area contributed by atoms with Crippen molar-refractivity contribution in [2.75, 3.05) is 13.2 Å². The van der Waals surface area contributed by atoms with Crippen LogP contribution in [-0.4, -0.2) is 41.3 Å². The standard InChI is InChI=1S/C13H16N2O4/c14-13(19)10-4-1-9(2-5-10)3-6-12(18)15-7-11(17)8-16/h1-6,11,16-17H,7-8H2,(H2,14,19)(H,15,18). The Hall–Kier alpha value is -2.18. The van der Waals surface area contributed by atoms with Gasteiger partial charge in [0.15, 0.2) is 0 Å². The zero-order valence-corrected chi connectivity index (χ0v) is 10.2. The first-order valence-electron chi connectivity index (χ1n) is 5.67. The number of aliphatic hydroxyl groups is 2. The molecule has 19 heavy (non-hydrogen) atoms. The molecule has 1 aromatic rings. The Bertz CT molecular complexity index is 468. The predicted octanol–water partition coefficient (Wildman–Crippen LogP) is -0.732. The van der Waals surface area contributed by atoms with Crippen LogP contribution in [0.5, 0.6) is 0 Å². The number of carbonyl (C=O) groups is 2. The van der Waals surface area contributed by atoms with Crippen LogP contribution >= 0.6 is 0 Å². The first-order valence-corrected chi connectivity index (χ1v) is 5.67. The zero-order chi connectivity index (χ0) is 14.3. The molecular weight excluding hydrogens is 248 g/mol. The van der Waals surface area contributed by atoms with E-state index in [0.29, 0.717) is 5.56 Å². The van der Waals surface area contributed by atoms with Crippen molar-refractivity contribution >= 4 is 17.9 Å². The van der Waals surface area contributed by atoms with E-state index in [0.717, 1.165) is 5.56 Å². The maximum Gasteiger partial charge on any atom is 0.248 e. The molecule has 1 rings (SSSR count). The lowest BCUT2D eigenvalue weighted by atomic mass is 10.1. The van der Waals surface area contributed by atoms with Crippen LogP contribution in [-0.2, 0) is 4.79 Å². The zero-order valence-electron chi connectivity index (χ0n) is 10.2. The van der Waals surface area contributed by atoms with Gasteiger partial charge in [-0.05, 0) is 23.8 Å². The molecule has 0 radical (unpaired) electrons. The molecule has 0 heterocycles. The molecule has 6 heteroatoms. The number of amides is 2. The van der Waals surface area contributed by atoms with E-state index in [-0.39, 0.29) is 12.5 Å². The van der Waals surface area contributed by atoms with Crippen molar-refractivity contribution in [3.05, 3.63) is 41.5 Å². The van der Waals surface area contributed by atoms with Crippen LogP contribution in [0.25, 0.3) is 6.08 Å². The molecule has 0 aliphatic rings. The number of rotatable bonds is 6. The van der Waals surface area contributed by atoms with Crippen LogP contribution < -0.4 is 11.1 Å². The highest BCUT2D eigenvalue weighted by molar-refractivity contribution is 5.94. The molecule has 0 aliphatic heterocycles. The van der Waals surface area contributed by atoms with Crippen molar-refractivity contribution in [3.8, 4) is 0 Å². The summed E-state index contributed by atoms with van der Waals surface area (Å²) in [5.41, 5.74) is 6.24. The largest absolute Gasteiger partial charge is 0.394 e. The molecule has 1 aromatic carbocycles. The third-order valence-electron chi connectivity index (χ3n) is 2.35. The summed E-state index contributed by atoms with van der Waals surface area (Å²) in [4.78, 5) is 22.2. The second-order valence-electron chi connectivity index (χ2n) is 3.90. The summed E-state index contributed by atoms with van der Waals surface area (Å²) >= 11 is 0. The molecule has 0 spiro atoms. The summed E-state index contributed by atoms with van der Waals surface area (Å²) in [5, 5.41) is 20.0. The van der Waals surface area contributed by atoms with Gasteiger partial charge in [0.25, 0.3) is 0 Å². The minimum Gasteiger partial charge on any atom is -0.394 e. The molecule has 2 amide bonds. The normalized spacial score (nSPS) is 12.3. The van der Waals surface area contributed by atoms with E-state index in [1.165, 1.54) is 6.08 Å². The molecule has 1 atom stereocenters. The second-order valence-corrected chi connectivity index (χ2v) is 3.90. The molecular formula is C13H16N2O4. The van der Waals surface area contributed by atoms with Crippen molar-refractivity contribution in [2.45, 2.75) is 6.10 Å². The second kappa shape index (κ2) is 7.30. The highest BCUT2D eigenvalue weighted by Crippen LogP contribution is 2.05. The van der Waals surface area contributed by atoms with E-state index < -0.39 is 18.6 Å². The topological polar surface area (TPSA) is 113 Å². The van der Waals surface area contributed by atoms with E-state index in [2.05, 4.69) is 5.32 Å². The molecule has 102 valence electrons. The number of hydrogen-bond donors (Lipinski definition) is 4. The minimum atomic E-state index is -0.966. The number of aliphatic hydroxyl groups excluding tert-OH is 2. The maximum absolute atomic E-state index is 11.3. The van der Waals surface area contributed by atoms with Gasteiger partial charge in [-0.25, -0.2) is 0 Å². The third-order valence-corrected chi connectivity index (χ3v) is 2.35. The summed E-state index contributed by atoms with van der Waals surface area (Å²) in [5.74, 6) is -0.891. The average Bonchev–Trinajstić information content (AvgIpc) is 2.42. The lowest BCUT2D eigenvalue weighted by Gasteiger charge is -2.06. The molecule has 0 bridgehead atoms. The van der Waals surface area contributed by atoms with Crippen molar-refractivity contribution in [2.24, 2.45) is 5.73 Å². The van der Waals surface area contributed by atoms with Gasteiger partial charge < -0.3 is 21.3 Å². The van der Waals surface area contributed by atoms with Gasteiger partial charge in [-0.15, -0.1) is 0 Å². The summed E-state index contributed by atoms with van der Waals surface area (Å²) in [6.07, 6.45) is 1.89. The fourth-order valence-electron chi connectivity index (χ4n) is 1.27. The van der Waals surface area contributed by atoms with Crippen LogP contribution in [0.15, 0.2) is 30.3 Å². The van der Waals surface area contributed by atoms with Gasteiger partial charge in [0.1, 0.15) is 0 Å². The lowest BCUT2D eigenvalue weighted by Crippen LogP contribution is -2.32. The van der Waals surface area contributed by atoms with E-state index in [1.807, 2.05) is 0 Å². The SMILES string of the molecule is NC(=O)c1ccc(C=CC(=O)NCC(O)CO)cc1. The Morgan fingerprint density at radius 1 is 1.32 bits per heavy atom. The Morgan fingerprint density at radius 3 is 2.47 bits per heavy atom. The Balaban J connectivity index is 2.51. The van der Waals surface area contributed by atoms with Crippen molar-refractivity contribution in [3.63, 3.8) is 0 Å². The Morgan fingerprint density at radius 2 is 1.95 bits per heavy atom. The van der Waals surface area contributed by atoms with Crippen LogP contribution in [0, 0.1) is 0 Å². The number of nitrogens with one attached hydrogen (secondary N) is 1. The van der Waals surface area contributed by atoms with Crippen molar-refractivity contribution in [1.82, 2.24) is 5.32 Å². The molecule has 0 saturated heterocycles. The van der Waals surface area contributed by atoms with Gasteiger partial charge >= 0.3 is 0 Å². The third kappa shape index (κ3) is 5.33. The van der Waals surface area contributed by atoms with Gasteiger partial charge in [0.05, 0.1) is 12.7 Å². The smallest absolute Gasteiger partial charge is 0.248 e. The van der Waals surface area contributed by atoms with Crippen molar-refractivity contribution in [1.29, 1.82) is 0 Å². The molecule has 0 aliphatic carbocycles. The van der Waals surface area contributed by atoms with Crippen LogP contribution in [0.1, 0.15) is 15.9 Å². The number of benzene rings is 1. The summed E-state index contributed by atoms with van der Waals surface area (Å²) in [6.45, 7) is -0.418. The predicted molar refractivity (Wildman–Crippen MR) is 70.1 cm³/mol. The monoisotopic (exact) mass is 264 g/mol. The van der Waals surface area contributed by atoms with Crippen molar-refractivity contribution < 1.29 is 19.8 Å². The van der Waals surface area contributed by atoms with Crippen LogP contribution in [0.4, 0.5) is 0 Å². The number of carbonyl (C=O) groups excluding carboxylic acids is 2. The van der Waals surface area contributed by atoms with Gasteiger partial charge in [-0.1, -0.05) is 12.1 Å². The molecule has 1 unspecified atom stereocenters. The fourth-order valence-corrected chi connectivity index (χ4v) is 1.27. The molecule has 0 aromatic heterocycles. The summed E-state index contributed by atoms with van der Waals surface area (Å²) in [6, 6.07) is 6.45. The van der Waals surface area contributed by atoms with Gasteiger partial charge in [-0.2, -0.15) is 0 Å². The molecule has 0 fully saturated rings. The van der Waals surface area contributed by atoms with Gasteiger partial charge in [0, 0.05) is 18.2 Å². The minimum absolute atomic E-state index is 0.0136. The van der Waals surface area contributed by atoms with E-state index in [9.17, 15) is 9.59 Å². The first-order chi connectivity index (χ1) is 9.02. The number of nitrogens with two attached hydrogens (primary N) is 1. The van der Waals surface area contributed by atoms with E-state index >= 15 is 0 Å². The Kier molecular flexibility index (Phi) is 5.72. The number of hydrogen-bond acceptors (Lipinski definition) is 4. The van der Waals surface area contributed by atoms with Crippen LogP contribution in [0.3, 0.4) is 0 Å². The van der Waals surface area contributed by atoms with E-state index in [4.69, 9.17) is 15.9 Å².